The van der Waals surface area contributed by atoms with Crippen molar-refractivity contribution in [3.8, 4) is 6.07 Å². The van der Waals surface area contributed by atoms with E-state index in [1.807, 2.05) is 6.07 Å². The average molecular weight is 285 g/mol. The number of rotatable bonds is 5. The molecule has 0 saturated heterocycles. The Bertz CT molecular complexity index is 518. The third kappa shape index (κ3) is 4.47. The molecular weight excluding hydrogens is 258 g/mol. The zero-order chi connectivity index (χ0) is 15.5. The van der Waals surface area contributed by atoms with Gasteiger partial charge in [-0.1, -0.05) is 12.5 Å². The fourth-order valence-electron chi connectivity index (χ4n) is 2.64. The Morgan fingerprint density at radius 2 is 2.05 bits per heavy atom. The molecule has 1 fully saturated rings. The molecule has 0 heterocycles. The topological polar surface area (TPSA) is 39.1 Å². The molecule has 0 aliphatic heterocycles. The normalized spacial score (nSPS) is 15.4. The van der Waals surface area contributed by atoms with E-state index in [9.17, 15) is 5.26 Å². The van der Waals surface area contributed by atoms with Crippen molar-refractivity contribution in [2.75, 3.05) is 18.5 Å². The fraction of sp³-hybridized carbons (Fsp3) is 0.611. The van der Waals surface area contributed by atoms with Gasteiger partial charge in [0.2, 0.25) is 0 Å². The van der Waals surface area contributed by atoms with Gasteiger partial charge in [-0.25, -0.2) is 0 Å². The summed E-state index contributed by atoms with van der Waals surface area (Å²) in [5.41, 5.74) is 3.10. The number of hydrogen-bond donors (Lipinski definition) is 1. The number of nitrogens with one attached hydrogen (secondary N) is 1. The first kappa shape index (κ1) is 15.9. The molecular formula is C18H27N3. The maximum absolute atomic E-state index is 9.43. The molecule has 2 rings (SSSR count). The second-order valence-corrected chi connectivity index (χ2v) is 7.24. The Labute approximate surface area is 129 Å². The Morgan fingerprint density at radius 1 is 1.33 bits per heavy atom. The van der Waals surface area contributed by atoms with Crippen molar-refractivity contribution in [1.82, 2.24) is 5.32 Å². The van der Waals surface area contributed by atoms with Crippen LogP contribution in [-0.2, 0) is 6.54 Å². The second-order valence-electron chi connectivity index (χ2n) is 7.24. The summed E-state index contributed by atoms with van der Waals surface area (Å²) in [6.45, 7) is 8.32. The van der Waals surface area contributed by atoms with Crippen molar-refractivity contribution in [1.29, 1.82) is 5.26 Å². The molecule has 1 aliphatic carbocycles. The first-order valence-corrected chi connectivity index (χ1v) is 7.88. The van der Waals surface area contributed by atoms with Crippen molar-refractivity contribution in [2.24, 2.45) is 5.92 Å². The third-order valence-electron chi connectivity index (χ3n) is 4.17. The van der Waals surface area contributed by atoms with Crippen molar-refractivity contribution in [3.63, 3.8) is 0 Å². The molecule has 3 nitrogen and oxygen atoms in total. The fourth-order valence-corrected chi connectivity index (χ4v) is 2.64. The quantitative estimate of drug-likeness (QED) is 0.897. The van der Waals surface area contributed by atoms with Gasteiger partial charge in [-0.15, -0.1) is 0 Å². The Hall–Kier alpha value is -1.53. The number of anilines is 1. The maximum atomic E-state index is 9.43. The van der Waals surface area contributed by atoms with Gasteiger partial charge in [-0.2, -0.15) is 5.26 Å². The minimum absolute atomic E-state index is 0.0898. The molecule has 0 radical (unpaired) electrons. The molecule has 21 heavy (non-hydrogen) atoms. The highest BCUT2D eigenvalue weighted by Gasteiger charge is 2.20. The summed E-state index contributed by atoms with van der Waals surface area (Å²) in [5.74, 6) is 0.809. The molecule has 0 spiro atoms. The largest absolute Gasteiger partial charge is 0.373 e. The van der Waals surface area contributed by atoms with Crippen LogP contribution in [0.15, 0.2) is 18.2 Å². The van der Waals surface area contributed by atoms with Crippen LogP contribution >= 0.6 is 0 Å². The molecule has 0 bridgehead atoms. The molecule has 1 saturated carbocycles. The van der Waals surface area contributed by atoms with Crippen LogP contribution in [0.2, 0.25) is 0 Å². The standard InChI is InChI=1S/C18H27N3/c1-18(2,3)20-12-15-8-9-17(16(10-15)11-19)21(4)13-14-6-5-7-14/h8-10,14,20H,5-7,12-13H2,1-4H3. The summed E-state index contributed by atoms with van der Waals surface area (Å²) in [6.07, 6.45) is 4.03. The Kier molecular flexibility index (Phi) is 4.90. The second kappa shape index (κ2) is 6.49. The van der Waals surface area contributed by atoms with Crippen LogP contribution in [-0.4, -0.2) is 19.1 Å². The highest BCUT2D eigenvalue weighted by atomic mass is 15.1. The van der Waals surface area contributed by atoms with Gasteiger partial charge in [0.15, 0.2) is 0 Å². The van der Waals surface area contributed by atoms with E-state index in [1.165, 1.54) is 24.8 Å². The van der Waals surface area contributed by atoms with Gasteiger partial charge in [0.25, 0.3) is 0 Å². The van der Waals surface area contributed by atoms with Crippen LogP contribution < -0.4 is 10.2 Å². The number of benzene rings is 1. The Morgan fingerprint density at radius 3 is 2.57 bits per heavy atom. The molecule has 0 amide bonds. The molecule has 114 valence electrons. The lowest BCUT2D eigenvalue weighted by Gasteiger charge is -2.31. The van der Waals surface area contributed by atoms with E-state index in [0.29, 0.717) is 0 Å². The van der Waals surface area contributed by atoms with Gasteiger partial charge >= 0.3 is 0 Å². The van der Waals surface area contributed by atoms with E-state index in [4.69, 9.17) is 0 Å². The van der Waals surface area contributed by atoms with E-state index in [1.54, 1.807) is 0 Å². The number of hydrogen-bond acceptors (Lipinski definition) is 3. The third-order valence-corrected chi connectivity index (χ3v) is 4.17. The summed E-state index contributed by atoms with van der Waals surface area (Å²) in [7, 11) is 2.10. The Balaban J connectivity index is 2.06. The molecule has 1 aromatic carbocycles. The van der Waals surface area contributed by atoms with Crippen LogP contribution in [0.4, 0.5) is 5.69 Å². The molecule has 1 N–H and O–H groups in total. The van der Waals surface area contributed by atoms with E-state index >= 15 is 0 Å². The lowest BCUT2D eigenvalue weighted by molar-refractivity contribution is 0.321. The van der Waals surface area contributed by atoms with Gasteiger partial charge < -0.3 is 10.2 Å². The van der Waals surface area contributed by atoms with Crippen LogP contribution in [0.5, 0.6) is 0 Å². The maximum Gasteiger partial charge on any atom is 0.101 e. The van der Waals surface area contributed by atoms with Gasteiger partial charge in [-0.3, -0.25) is 0 Å². The summed E-state index contributed by atoms with van der Waals surface area (Å²) in [4.78, 5) is 2.24. The van der Waals surface area contributed by atoms with Gasteiger partial charge in [0, 0.05) is 25.7 Å². The number of nitrogens with zero attached hydrogens (tertiary/aromatic N) is 2. The van der Waals surface area contributed by atoms with E-state index in [0.717, 1.165) is 30.3 Å². The van der Waals surface area contributed by atoms with Crippen molar-refractivity contribution >= 4 is 5.69 Å². The van der Waals surface area contributed by atoms with E-state index < -0.39 is 0 Å². The first-order valence-electron chi connectivity index (χ1n) is 7.88. The molecule has 1 aromatic rings. The summed E-state index contributed by atoms with van der Waals surface area (Å²) in [6, 6.07) is 8.60. The predicted molar refractivity (Wildman–Crippen MR) is 88.4 cm³/mol. The highest BCUT2D eigenvalue weighted by molar-refractivity contribution is 5.60. The van der Waals surface area contributed by atoms with Crippen LogP contribution in [0.3, 0.4) is 0 Å². The minimum Gasteiger partial charge on any atom is -0.373 e. The van der Waals surface area contributed by atoms with Crippen LogP contribution in [0.1, 0.15) is 51.2 Å². The SMILES string of the molecule is CN(CC1CCC1)c1ccc(CNC(C)(C)C)cc1C#N. The highest BCUT2D eigenvalue weighted by Crippen LogP contribution is 2.29. The molecule has 0 aromatic heterocycles. The summed E-state index contributed by atoms with van der Waals surface area (Å²) >= 11 is 0. The van der Waals surface area contributed by atoms with Gasteiger partial charge in [0.1, 0.15) is 6.07 Å². The van der Waals surface area contributed by atoms with E-state index in [2.05, 4.69) is 56.2 Å². The smallest absolute Gasteiger partial charge is 0.101 e. The minimum atomic E-state index is 0.0898. The number of nitriles is 1. The van der Waals surface area contributed by atoms with Crippen molar-refractivity contribution < 1.29 is 0 Å². The molecule has 3 heteroatoms. The van der Waals surface area contributed by atoms with Crippen molar-refractivity contribution in [3.05, 3.63) is 29.3 Å². The summed E-state index contributed by atoms with van der Waals surface area (Å²) in [5, 5.41) is 12.9. The monoisotopic (exact) mass is 285 g/mol. The predicted octanol–water partition coefficient (Wildman–Crippen LogP) is 3.68. The zero-order valence-electron chi connectivity index (χ0n) is 13.7. The average Bonchev–Trinajstić information content (AvgIpc) is 2.39. The lowest BCUT2D eigenvalue weighted by atomic mass is 9.85. The molecule has 0 atom stereocenters. The van der Waals surface area contributed by atoms with Gasteiger partial charge in [-0.05, 0) is 57.2 Å². The van der Waals surface area contributed by atoms with Crippen LogP contribution in [0, 0.1) is 17.2 Å². The lowest BCUT2D eigenvalue weighted by Crippen LogP contribution is -2.35. The molecule has 0 unspecified atom stereocenters. The first-order chi connectivity index (χ1) is 9.89. The summed E-state index contributed by atoms with van der Waals surface area (Å²) < 4.78 is 0. The molecule has 1 aliphatic rings. The van der Waals surface area contributed by atoms with E-state index in [-0.39, 0.29) is 5.54 Å². The van der Waals surface area contributed by atoms with Crippen LogP contribution in [0.25, 0.3) is 0 Å². The zero-order valence-corrected chi connectivity index (χ0v) is 13.7. The van der Waals surface area contributed by atoms with Crippen molar-refractivity contribution in [2.45, 2.75) is 52.1 Å². The van der Waals surface area contributed by atoms with Gasteiger partial charge in [0.05, 0.1) is 11.3 Å².